The second-order valence-corrected chi connectivity index (χ2v) is 4.55. The number of nitrogens with two attached hydrogens (primary N) is 1. The molecule has 4 heteroatoms. The quantitative estimate of drug-likeness (QED) is 0.681. The monoisotopic (exact) mass is 198 g/mol. The predicted octanol–water partition coefficient (Wildman–Crippen LogP) is 0.905. The summed E-state index contributed by atoms with van der Waals surface area (Å²) in [5, 5.41) is 0. The van der Waals surface area contributed by atoms with Gasteiger partial charge in [-0.3, -0.25) is 0 Å². The Balaban J connectivity index is 2.01. The van der Waals surface area contributed by atoms with E-state index in [4.69, 9.17) is 15.2 Å². The summed E-state index contributed by atoms with van der Waals surface area (Å²) in [7, 11) is 0. The van der Waals surface area contributed by atoms with E-state index >= 15 is 0 Å². The van der Waals surface area contributed by atoms with Crippen LogP contribution in [0.5, 0.6) is 0 Å². The van der Waals surface area contributed by atoms with Crippen LogP contribution in [-0.2, 0) is 9.47 Å². The molecule has 2 rings (SSSR count). The molecule has 14 heavy (non-hydrogen) atoms. The Morgan fingerprint density at radius 2 is 2.36 bits per heavy atom. The van der Waals surface area contributed by atoms with Crippen LogP contribution in [0.1, 0.15) is 26.7 Å². The Morgan fingerprint density at radius 3 is 2.93 bits per heavy atom. The molecule has 80 valence electrons. The van der Waals surface area contributed by atoms with Crippen molar-refractivity contribution in [3.8, 4) is 0 Å². The van der Waals surface area contributed by atoms with Crippen molar-refractivity contribution in [2.24, 2.45) is 16.6 Å². The summed E-state index contributed by atoms with van der Waals surface area (Å²) in [4.78, 5) is 4.12. The van der Waals surface area contributed by atoms with Crippen molar-refractivity contribution in [2.45, 2.75) is 38.4 Å². The van der Waals surface area contributed by atoms with E-state index in [2.05, 4.69) is 18.8 Å². The maximum absolute atomic E-state index is 5.69. The van der Waals surface area contributed by atoms with Crippen LogP contribution in [0.4, 0.5) is 0 Å². The van der Waals surface area contributed by atoms with Gasteiger partial charge in [-0.2, -0.15) is 0 Å². The van der Waals surface area contributed by atoms with Crippen LogP contribution in [0.15, 0.2) is 4.99 Å². The number of rotatable bonds is 1. The fourth-order valence-corrected chi connectivity index (χ4v) is 2.10. The van der Waals surface area contributed by atoms with Gasteiger partial charge in [0.15, 0.2) is 0 Å². The highest BCUT2D eigenvalue weighted by atomic mass is 16.5. The van der Waals surface area contributed by atoms with Crippen LogP contribution in [0.25, 0.3) is 0 Å². The molecule has 0 amide bonds. The summed E-state index contributed by atoms with van der Waals surface area (Å²) in [5.41, 5.74) is 5.39. The largest absolute Gasteiger partial charge is 0.457 e. The second kappa shape index (κ2) is 3.42. The normalized spacial score (nSPS) is 37.4. The van der Waals surface area contributed by atoms with Crippen molar-refractivity contribution in [1.29, 1.82) is 0 Å². The van der Waals surface area contributed by atoms with E-state index in [1.807, 2.05) is 0 Å². The number of nitrogens with zero attached hydrogens (tertiary/aromatic N) is 1. The molecule has 2 aliphatic rings. The van der Waals surface area contributed by atoms with Gasteiger partial charge in [-0.1, -0.05) is 13.8 Å². The molecule has 0 saturated carbocycles. The molecule has 2 atom stereocenters. The summed E-state index contributed by atoms with van der Waals surface area (Å²) >= 11 is 0. The van der Waals surface area contributed by atoms with Gasteiger partial charge in [-0.15, -0.1) is 0 Å². The summed E-state index contributed by atoms with van der Waals surface area (Å²) in [6.07, 6.45) is 2.10. The second-order valence-electron chi connectivity index (χ2n) is 4.55. The highest BCUT2D eigenvalue weighted by Crippen LogP contribution is 2.34. The fourth-order valence-electron chi connectivity index (χ4n) is 2.10. The first-order chi connectivity index (χ1) is 6.61. The van der Waals surface area contributed by atoms with Crippen molar-refractivity contribution < 1.29 is 9.47 Å². The highest BCUT2D eigenvalue weighted by Gasteiger charge is 2.43. The molecule has 1 fully saturated rings. The van der Waals surface area contributed by atoms with Gasteiger partial charge in [0.1, 0.15) is 5.60 Å². The first-order valence-corrected chi connectivity index (χ1v) is 5.22. The van der Waals surface area contributed by atoms with Crippen LogP contribution in [-0.4, -0.2) is 30.9 Å². The van der Waals surface area contributed by atoms with Crippen LogP contribution in [0, 0.1) is 5.92 Å². The zero-order valence-corrected chi connectivity index (χ0v) is 8.82. The third-order valence-electron chi connectivity index (χ3n) is 3.05. The average molecular weight is 198 g/mol. The Morgan fingerprint density at radius 1 is 1.57 bits per heavy atom. The Hall–Kier alpha value is -0.770. The molecular weight excluding hydrogens is 180 g/mol. The molecule has 0 aromatic heterocycles. The Labute approximate surface area is 84.5 Å². The zero-order chi connectivity index (χ0) is 10.2. The first-order valence-electron chi connectivity index (χ1n) is 5.22. The summed E-state index contributed by atoms with van der Waals surface area (Å²) in [6.45, 7) is 5.79. The lowest BCUT2D eigenvalue weighted by Gasteiger charge is -2.38. The minimum Gasteiger partial charge on any atom is -0.457 e. The third kappa shape index (κ3) is 1.71. The predicted molar refractivity (Wildman–Crippen MR) is 54.1 cm³/mol. The lowest BCUT2D eigenvalue weighted by molar-refractivity contribution is -0.0981. The molecule has 0 aromatic carbocycles. The van der Waals surface area contributed by atoms with Gasteiger partial charge in [-0.05, 0) is 5.92 Å². The van der Waals surface area contributed by atoms with Crippen LogP contribution in [0.2, 0.25) is 0 Å². The van der Waals surface area contributed by atoms with Gasteiger partial charge in [0.25, 0.3) is 6.02 Å². The van der Waals surface area contributed by atoms with E-state index in [0.717, 1.165) is 19.4 Å². The van der Waals surface area contributed by atoms with E-state index in [1.165, 1.54) is 0 Å². The van der Waals surface area contributed by atoms with Crippen molar-refractivity contribution in [3.05, 3.63) is 0 Å². The minimum absolute atomic E-state index is 0.155. The number of hydrogen-bond acceptors (Lipinski definition) is 4. The minimum atomic E-state index is -0.155. The molecule has 2 aliphatic heterocycles. The van der Waals surface area contributed by atoms with Crippen molar-refractivity contribution in [3.63, 3.8) is 0 Å². The van der Waals surface area contributed by atoms with Gasteiger partial charge in [0.2, 0.25) is 0 Å². The lowest BCUT2D eigenvalue weighted by Crippen LogP contribution is -2.45. The molecule has 4 nitrogen and oxygen atoms in total. The average Bonchev–Trinajstić information content (AvgIpc) is 2.47. The van der Waals surface area contributed by atoms with Gasteiger partial charge < -0.3 is 15.2 Å². The molecule has 0 radical (unpaired) electrons. The van der Waals surface area contributed by atoms with Crippen LogP contribution >= 0.6 is 0 Å². The number of amidine groups is 1. The van der Waals surface area contributed by atoms with E-state index in [9.17, 15) is 0 Å². The molecule has 0 aliphatic carbocycles. The van der Waals surface area contributed by atoms with Crippen molar-refractivity contribution in [2.75, 3.05) is 13.2 Å². The van der Waals surface area contributed by atoms with Gasteiger partial charge in [0.05, 0.1) is 19.3 Å². The number of ether oxygens (including phenoxy) is 2. The van der Waals surface area contributed by atoms with Crippen molar-refractivity contribution >= 4 is 6.02 Å². The lowest BCUT2D eigenvalue weighted by atomic mass is 9.86. The van der Waals surface area contributed by atoms with Crippen molar-refractivity contribution in [1.82, 2.24) is 0 Å². The molecule has 2 heterocycles. The molecule has 2 unspecified atom stereocenters. The summed E-state index contributed by atoms with van der Waals surface area (Å²) in [6, 6.07) is 0.342. The molecule has 1 saturated heterocycles. The third-order valence-corrected chi connectivity index (χ3v) is 3.05. The van der Waals surface area contributed by atoms with E-state index < -0.39 is 0 Å². The van der Waals surface area contributed by atoms with Crippen LogP contribution in [0.3, 0.4) is 0 Å². The molecule has 0 bridgehead atoms. The Bertz CT molecular complexity index is 253. The van der Waals surface area contributed by atoms with E-state index in [0.29, 0.717) is 18.5 Å². The van der Waals surface area contributed by atoms with Gasteiger partial charge in [0, 0.05) is 12.8 Å². The number of hydrogen-bond donors (Lipinski definition) is 1. The fraction of sp³-hybridized carbons (Fsp3) is 0.900. The molecular formula is C10H18N2O2. The van der Waals surface area contributed by atoms with Gasteiger partial charge in [-0.25, -0.2) is 4.99 Å². The highest BCUT2D eigenvalue weighted by molar-refractivity contribution is 5.73. The summed E-state index contributed by atoms with van der Waals surface area (Å²) in [5.74, 6) is 0.526. The molecule has 0 aromatic rings. The zero-order valence-electron chi connectivity index (χ0n) is 8.82. The molecule has 2 N–H and O–H groups in total. The van der Waals surface area contributed by atoms with Crippen LogP contribution < -0.4 is 5.73 Å². The topological polar surface area (TPSA) is 56.8 Å². The summed E-state index contributed by atoms with van der Waals surface area (Å²) < 4.78 is 11.3. The first kappa shape index (κ1) is 9.77. The maximum Gasteiger partial charge on any atom is 0.282 e. The van der Waals surface area contributed by atoms with E-state index in [1.54, 1.807) is 0 Å². The standard InChI is InChI=1S/C10H18N2O2/c1-7(2)8-5-10(3-4-13-8)6-12-9(11)14-10/h7-8H,3-6H2,1-2H3,(H2,11,12). The number of aliphatic imine (C=N–C) groups is 1. The van der Waals surface area contributed by atoms with Gasteiger partial charge >= 0.3 is 0 Å². The maximum atomic E-state index is 5.69. The Kier molecular flexibility index (Phi) is 2.39. The SMILES string of the molecule is CC(C)C1CC2(CCO1)CN=C(N)O2. The van der Waals surface area contributed by atoms with E-state index in [-0.39, 0.29) is 11.7 Å². The molecule has 1 spiro atoms. The smallest absolute Gasteiger partial charge is 0.282 e.